The van der Waals surface area contributed by atoms with Crippen LogP contribution >= 0.6 is 0 Å². The second kappa shape index (κ2) is 6.36. The summed E-state index contributed by atoms with van der Waals surface area (Å²) in [5.41, 5.74) is 0.889. The van der Waals surface area contributed by atoms with Crippen molar-refractivity contribution in [3.8, 4) is 5.75 Å². The van der Waals surface area contributed by atoms with Crippen LogP contribution in [0.4, 0.5) is 0 Å². The van der Waals surface area contributed by atoms with E-state index in [2.05, 4.69) is 0 Å². The predicted octanol–water partition coefficient (Wildman–Crippen LogP) is 2.53. The molecule has 1 heterocycles. The number of carbonyl (C=O) groups is 1. The fourth-order valence-corrected chi connectivity index (χ4v) is 2.91. The second-order valence-corrected chi connectivity index (χ2v) is 7.19. The Labute approximate surface area is 130 Å². The molecule has 0 saturated carbocycles. The van der Waals surface area contributed by atoms with Crippen LogP contribution < -0.4 is 4.74 Å². The van der Waals surface area contributed by atoms with Crippen LogP contribution in [0.2, 0.25) is 0 Å². The van der Waals surface area contributed by atoms with Crippen LogP contribution in [-0.2, 0) is 21.7 Å². The van der Waals surface area contributed by atoms with Crippen LogP contribution in [0, 0.1) is 0 Å². The van der Waals surface area contributed by atoms with Crippen molar-refractivity contribution in [2.45, 2.75) is 24.2 Å². The Bertz CT molecular complexity index is 760. The summed E-state index contributed by atoms with van der Waals surface area (Å²) < 4.78 is 30.1. The minimum Gasteiger partial charge on any atom is -0.426 e. The van der Waals surface area contributed by atoms with Crippen LogP contribution in [0.25, 0.3) is 0 Å². The third kappa shape index (κ3) is 3.57. The van der Waals surface area contributed by atoms with Gasteiger partial charge in [0.1, 0.15) is 5.75 Å². The topological polar surface area (TPSA) is 65.4 Å². The van der Waals surface area contributed by atoms with Crippen molar-refractivity contribution in [3.63, 3.8) is 0 Å². The van der Waals surface area contributed by atoms with Crippen molar-refractivity contribution in [3.05, 3.63) is 48.3 Å². The van der Waals surface area contributed by atoms with Gasteiger partial charge in [0.2, 0.25) is 0 Å². The van der Waals surface area contributed by atoms with Gasteiger partial charge in [0, 0.05) is 25.2 Å². The SMILES string of the molecule is CCC(C(=O)Oc1ccc(S(C)(=O)=O)cc1)c1cccn1C. The number of carbonyl (C=O) groups excluding carboxylic acids is 1. The van der Waals surface area contributed by atoms with Gasteiger partial charge in [-0.25, -0.2) is 8.42 Å². The van der Waals surface area contributed by atoms with Crippen molar-refractivity contribution >= 4 is 15.8 Å². The third-order valence-electron chi connectivity index (χ3n) is 3.50. The number of hydrogen-bond donors (Lipinski definition) is 0. The molecule has 22 heavy (non-hydrogen) atoms. The van der Waals surface area contributed by atoms with E-state index in [9.17, 15) is 13.2 Å². The maximum absolute atomic E-state index is 12.3. The van der Waals surface area contributed by atoms with Gasteiger partial charge < -0.3 is 9.30 Å². The number of sulfone groups is 1. The first kappa shape index (κ1) is 16.3. The van der Waals surface area contributed by atoms with E-state index in [-0.39, 0.29) is 16.8 Å². The molecule has 0 aliphatic rings. The fourth-order valence-electron chi connectivity index (χ4n) is 2.28. The highest BCUT2D eigenvalue weighted by Crippen LogP contribution is 2.23. The monoisotopic (exact) mass is 321 g/mol. The molecule has 0 amide bonds. The largest absolute Gasteiger partial charge is 0.426 e. The first-order chi connectivity index (χ1) is 10.3. The molecule has 0 fully saturated rings. The standard InChI is InChI=1S/C16H19NO4S/c1-4-14(15-6-5-11-17(15)2)16(18)21-12-7-9-13(10-8-12)22(3,19)20/h5-11,14H,4H2,1-3H3. The lowest BCUT2D eigenvalue weighted by molar-refractivity contribution is -0.136. The molecular weight excluding hydrogens is 302 g/mol. The zero-order chi connectivity index (χ0) is 16.3. The molecule has 2 rings (SSSR count). The summed E-state index contributed by atoms with van der Waals surface area (Å²) in [6.07, 6.45) is 3.64. The molecule has 0 bridgehead atoms. The summed E-state index contributed by atoms with van der Waals surface area (Å²) in [6, 6.07) is 9.62. The van der Waals surface area contributed by atoms with Gasteiger partial charge >= 0.3 is 5.97 Å². The van der Waals surface area contributed by atoms with Crippen molar-refractivity contribution in [2.24, 2.45) is 7.05 Å². The molecular formula is C16H19NO4S. The molecule has 0 N–H and O–H groups in total. The molecule has 0 aliphatic carbocycles. The Morgan fingerprint density at radius 3 is 2.32 bits per heavy atom. The fraction of sp³-hybridized carbons (Fsp3) is 0.312. The number of rotatable bonds is 5. The molecule has 5 nitrogen and oxygen atoms in total. The molecule has 1 aromatic carbocycles. The van der Waals surface area contributed by atoms with E-state index in [4.69, 9.17) is 4.74 Å². The first-order valence-electron chi connectivity index (χ1n) is 6.96. The Balaban J connectivity index is 2.16. The average Bonchev–Trinajstić information content (AvgIpc) is 2.85. The van der Waals surface area contributed by atoms with Gasteiger partial charge in [-0.1, -0.05) is 6.92 Å². The number of hydrogen-bond acceptors (Lipinski definition) is 4. The second-order valence-electron chi connectivity index (χ2n) is 5.17. The lowest BCUT2D eigenvalue weighted by Crippen LogP contribution is -2.20. The first-order valence-corrected chi connectivity index (χ1v) is 8.85. The van der Waals surface area contributed by atoms with E-state index < -0.39 is 9.84 Å². The normalized spacial score (nSPS) is 12.9. The zero-order valence-electron chi connectivity index (χ0n) is 12.8. The molecule has 1 unspecified atom stereocenters. The van der Waals surface area contributed by atoms with Crippen molar-refractivity contribution < 1.29 is 17.9 Å². The Morgan fingerprint density at radius 2 is 1.86 bits per heavy atom. The minimum absolute atomic E-state index is 0.196. The Kier molecular flexibility index (Phi) is 4.71. The number of aryl methyl sites for hydroxylation is 1. The van der Waals surface area contributed by atoms with Gasteiger partial charge in [-0.05, 0) is 42.8 Å². The highest BCUT2D eigenvalue weighted by Gasteiger charge is 2.23. The summed E-state index contributed by atoms with van der Waals surface area (Å²) in [5, 5.41) is 0. The van der Waals surface area contributed by atoms with E-state index in [0.29, 0.717) is 12.2 Å². The van der Waals surface area contributed by atoms with Crippen LogP contribution in [-0.4, -0.2) is 25.2 Å². The van der Waals surface area contributed by atoms with Gasteiger partial charge in [-0.3, -0.25) is 4.79 Å². The summed E-state index contributed by atoms with van der Waals surface area (Å²) in [4.78, 5) is 12.5. The van der Waals surface area contributed by atoms with E-state index in [1.54, 1.807) is 0 Å². The average molecular weight is 321 g/mol. The van der Waals surface area contributed by atoms with Crippen molar-refractivity contribution in [2.75, 3.05) is 6.26 Å². The minimum atomic E-state index is -3.25. The maximum Gasteiger partial charge on any atom is 0.320 e. The summed E-state index contributed by atoms with van der Waals surface area (Å²) in [5.74, 6) is -0.365. The third-order valence-corrected chi connectivity index (χ3v) is 4.63. The number of ether oxygens (including phenoxy) is 1. The highest BCUT2D eigenvalue weighted by atomic mass is 32.2. The summed E-state index contributed by atoms with van der Waals surface area (Å²) in [6.45, 7) is 1.92. The Morgan fingerprint density at radius 1 is 1.23 bits per heavy atom. The Hall–Kier alpha value is -2.08. The number of aromatic nitrogens is 1. The van der Waals surface area contributed by atoms with Crippen LogP contribution in [0.3, 0.4) is 0 Å². The van der Waals surface area contributed by atoms with Crippen LogP contribution in [0.1, 0.15) is 25.0 Å². The molecule has 118 valence electrons. The molecule has 1 aromatic heterocycles. The van der Waals surface area contributed by atoms with E-state index in [1.165, 1.54) is 24.3 Å². The summed E-state index contributed by atoms with van der Waals surface area (Å²) >= 11 is 0. The quantitative estimate of drug-likeness (QED) is 0.627. The van der Waals surface area contributed by atoms with E-state index in [1.807, 2.05) is 36.9 Å². The van der Waals surface area contributed by atoms with Crippen molar-refractivity contribution in [1.82, 2.24) is 4.57 Å². The zero-order valence-corrected chi connectivity index (χ0v) is 13.6. The molecule has 0 aliphatic heterocycles. The lowest BCUT2D eigenvalue weighted by Gasteiger charge is -2.15. The highest BCUT2D eigenvalue weighted by molar-refractivity contribution is 7.90. The van der Waals surface area contributed by atoms with Crippen LogP contribution in [0.15, 0.2) is 47.5 Å². The predicted molar refractivity (Wildman–Crippen MR) is 83.6 cm³/mol. The lowest BCUT2D eigenvalue weighted by atomic mass is 10.0. The number of benzene rings is 1. The van der Waals surface area contributed by atoms with Gasteiger partial charge in [-0.2, -0.15) is 0 Å². The van der Waals surface area contributed by atoms with Gasteiger partial charge in [-0.15, -0.1) is 0 Å². The van der Waals surface area contributed by atoms with E-state index in [0.717, 1.165) is 11.9 Å². The van der Waals surface area contributed by atoms with E-state index >= 15 is 0 Å². The smallest absolute Gasteiger partial charge is 0.320 e. The number of nitrogens with zero attached hydrogens (tertiary/aromatic N) is 1. The molecule has 0 radical (unpaired) electrons. The summed E-state index contributed by atoms with van der Waals surface area (Å²) in [7, 11) is -1.37. The number of esters is 1. The van der Waals surface area contributed by atoms with Crippen molar-refractivity contribution in [1.29, 1.82) is 0 Å². The molecule has 0 saturated heterocycles. The molecule has 0 spiro atoms. The van der Waals surface area contributed by atoms with Gasteiger partial charge in [0.25, 0.3) is 0 Å². The van der Waals surface area contributed by atoms with Gasteiger partial charge in [0.15, 0.2) is 9.84 Å². The molecule has 1 atom stereocenters. The molecule has 6 heteroatoms. The molecule has 2 aromatic rings. The van der Waals surface area contributed by atoms with Crippen LogP contribution in [0.5, 0.6) is 5.75 Å². The van der Waals surface area contributed by atoms with Gasteiger partial charge in [0.05, 0.1) is 10.8 Å². The maximum atomic E-state index is 12.3.